The van der Waals surface area contributed by atoms with Crippen molar-refractivity contribution in [2.75, 3.05) is 0 Å². The Morgan fingerprint density at radius 2 is 1.18 bits per heavy atom. The van der Waals surface area contributed by atoms with Gasteiger partial charge in [0.05, 0.1) is 11.0 Å². The molecule has 0 atom stereocenters. The summed E-state index contributed by atoms with van der Waals surface area (Å²) in [6, 6.07) is 45.1. The summed E-state index contributed by atoms with van der Waals surface area (Å²) < 4.78 is 2.41. The molecule has 0 aliphatic carbocycles. The van der Waals surface area contributed by atoms with Gasteiger partial charge in [0.15, 0.2) is 0 Å². The number of aromatic nitrogens is 1. The molecule has 0 fully saturated rings. The fourth-order valence-electron chi connectivity index (χ4n) is 6.41. The van der Waals surface area contributed by atoms with Crippen molar-refractivity contribution in [3.63, 3.8) is 0 Å². The molecule has 0 aliphatic rings. The molecule has 38 heavy (non-hydrogen) atoms. The van der Waals surface area contributed by atoms with Gasteiger partial charge in [-0.2, -0.15) is 0 Å². The second-order valence-corrected chi connectivity index (χ2v) is 10.8. The van der Waals surface area contributed by atoms with Crippen molar-refractivity contribution < 1.29 is 0 Å². The van der Waals surface area contributed by atoms with Crippen LogP contribution < -0.4 is 0 Å². The summed E-state index contributed by atoms with van der Waals surface area (Å²) in [6.07, 6.45) is 0. The van der Waals surface area contributed by atoms with E-state index in [-0.39, 0.29) is 0 Å². The molecule has 7 aromatic carbocycles. The quantitative estimate of drug-likeness (QED) is 0.219. The lowest BCUT2D eigenvalue weighted by atomic mass is 9.89. The summed E-state index contributed by atoms with van der Waals surface area (Å²) in [5.74, 6) is 0.523. The second kappa shape index (κ2) is 7.94. The molecule has 8 aromatic rings. The molecule has 0 radical (unpaired) electrons. The van der Waals surface area contributed by atoms with Crippen LogP contribution in [0, 0.1) is 0 Å². The molecule has 1 heterocycles. The smallest absolute Gasteiger partial charge is 0.0541 e. The van der Waals surface area contributed by atoms with Crippen LogP contribution in [0.1, 0.15) is 25.3 Å². The highest BCUT2D eigenvalue weighted by molar-refractivity contribution is 6.25. The average molecular weight is 486 g/mol. The van der Waals surface area contributed by atoms with E-state index in [0.29, 0.717) is 5.92 Å². The normalized spacial score (nSPS) is 12.2. The first-order valence-electron chi connectivity index (χ1n) is 13.5. The second-order valence-electron chi connectivity index (χ2n) is 10.8. The van der Waals surface area contributed by atoms with E-state index in [1.54, 1.807) is 0 Å². The molecule has 0 saturated carbocycles. The zero-order valence-corrected chi connectivity index (χ0v) is 21.6. The summed E-state index contributed by atoms with van der Waals surface area (Å²) in [6.45, 7) is 4.49. The summed E-state index contributed by atoms with van der Waals surface area (Å²) >= 11 is 0. The van der Waals surface area contributed by atoms with E-state index in [2.05, 4.69) is 140 Å². The molecule has 0 unspecified atom stereocenters. The van der Waals surface area contributed by atoms with Crippen LogP contribution in [0.15, 0.2) is 121 Å². The molecular weight excluding hydrogens is 458 g/mol. The van der Waals surface area contributed by atoms with E-state index in [1.807, 2.05) is 0 Å². The Labute approximate surface area is 221 Å². The van der Waals surface area contributed by atoms with Crippen molar-refractivity contribution >= 4 is 54.1 Å². The van der Waals surface area contributed by atoms with Gasteiger partial charge in [0.25, 0.3) is 0 Å². The predicted molar refractivity (Wildman–Crippen MR) is 164 cm³/mol. The van der Waals surface area contributed by atoms with Crippen LogP contribution in [-0.4, -0.2) is 4.57 Å². The standard InChI is InChI=1S/C37H27N/c1-23(2)24-12-17-29(18-13-24)38-34-9-4-3-8-31(34)33-22-28(16-21-35(33)38)30-19-14-27-11-10-25-6-5-7-26-15-20-32(30)37(27)36(25)26/h3-23H,1-2H3. The highest BCUT2D eigenvalue weighted by atomic mass is 15.0. The van der Waals surface area contributed by atoms with Crippen molar-refractivity contribution in [3.8, 4) is 16.8 Å². The van der Waals surface area contributed by atoms with Gasteiger partial charge in [-0.05, 0) is 85.3 Å². The number of hydrogen-bond acceptors (Lipinski definition) is 0. The molecule has 8 rings (SSSR count). The number of para-hydroxylation sites is 1. The first kappa shape index (κ1) is 21.5. The van der Waals surface area contributed by atoms with E-state index in [0.717, 1.165) is 0 Å². The summed E-state index contributed by atoms with van der Waals surface area (Å²) in [5, 5.41) is 10.5. The zero-order chi connectivity index (χ0) is 25.4. The molecule has 1 aromatic heterocycles. The van der Waals surface area contributed by atoms with Gasteiger partial charge >= 0.3 is 0 Å². The van der Waals surface area contributed by atoms with Crippen molar-refractivity contribution in [1.29, 1.82) is 0 Å². The molecule has 1 heteroatoms. The Morgan fingerprint density at radius 3 is 1.97 bits per heavy atom. The summed E-state index contributed by atoms with van der Waals surface area (Å²) in [4.78, 5) is 0. The lowest BCUT2D eigenvalue weighted by Gasteiger charge is -2.14. The number of fused-ring (bicyclic) bond motifs is 3. The fraction of sp³-hybridized carbons (Fsp3) is 0.0811. The van der Waals surface area contributed by atoms with Gasteiger partial charge in [0.1, 0.15) is 0 Å². The maximum atomic E-state index is 2.41. The minimum Gasteiger partial charge on any atom is -0.309 e. The minimum absolute atomic E-state index is 0.523. The molecule has 0 amide bonds. The maximum Gasteiger partial charge on any atom is 0.0541 e. The van der Waals surface area contributed by atoms with Crippen LogP contribution in [-0.2, 0) is 0 Å². The third-order valence-corrected chi connectivity index (χ3v) is 8.33. The molecule has 0 spiro atoms. The van der Waals surface area contributed by atoms with E-state index in [9.17, 15) is 0 Å². The third-order valence-electron chi connectivity index (χ3n) is 8.33. The first-order chi connectivity index (χ1) is 18.7. The van der Waals surface area contributed by atoms with Gasteiger partial charge in [0, 0.05) is 16.5 Å². The van der Waals surface area contributed by atoms with Crippen LogP contribution in [0.2, 0.25) is 0 Å². The van der Waals surface area contributed by atoms with E-state index < -0.39 is 0 Å². The average Bonchev–Trinajstić information content (AvgIpc) is 3.29. The van der Waals surface area contributed by atoms with Crippen LogP contribution in [0.4, 0.5) is 0 Å². The highest BCUT2D eigenvalue weighted by Gasteiger charge is 2.16. The van der Waals surface area contributed by atoms with Gasteiger partial charge in [-0.15, -0.1) is 0 Å². The monoisotopic (exact) mass is 485 g/mol. The van der Waals surface area contributed by atoms with Gasteiger partial charge in [0.2, 0.25) is 0 Å². The molecule has 1 nitrogen and oxygen atoms in total. The fourth-order valence-corrected chi connectivity index (χ4v) is 6.41. The maximum absolute atomic E-state index is 2.41. The Morgan fingerprint density at radius 1 is 0.500 bits per heavy atom. The van der Waals surface area contributed by atoms with Crippen molar-refractivity contribution in [3.05, 3.63) is 127 Å². The number of hydrogen-bond donors (Lipinski definition) is 0. The minimum atomic E-state index is 0.523. The Hall–Kier alpha value is -4.62. The van der Waals surface area contributed by atoms with E-state index >= 15 is 0 Å². The topological polar surface area (TPSA) is 4.93 Å². The van der Waals surface area contributed by atoms with Crippen molar-refractivity contribution in [2.45, 2.75) is 19.8 Å². The molecule has 0 aliphatic heterocycles. The highest BCUT2D eigenvalue weighted by Crippen LogP contribution is 2.41. The largest absolute Gasteiger partial charge is 0.309 e. The van der Waals surface area contributed by atoms with Crippen LogP contribution in [0.5, 0.6) is 0 Å². The summed E-state index contributed by atoms with van der Waals surface area (Å²) in [5.41, 5.74) is 7.60. The van der Waals surface area contributed by atoms with Gasteiger partial charge < -0.3 is 4.57 Å². The number of benzene rings is 7. The van der Waals surface area contributed by atoms with Crippen molar-refractivity contribution in [1.82, 2.24) is 4.57 Å². The molecular formula is C37H27N. The summed E-state index contributed by atoms with van der Waals surface area (Å²) in [7, 11) is 0. The Balaban J connectivity index is 1.39. The Bertz CT molecular complexity index is 2130. The molecule has 0 N–H and O–H groups in total. The number of rotatable bonds is 3. The lowest BCUT2D eigenvalue weighted by molar-refractivity contribution is 0.866. The van der Waals surface area contributed by atoms with E-state index in [4.69, 9.17) is 0 Å². The van der Waals surface area contributed by atoms with Crippen LogP contribution in [0.3, 0.4) is 0 Å². The van der Waals surface area contributed by atoms with Crippen LogP contribution >= 0.6 is 0 Å². The molecule has 0 bridgehead atoms. The molecule has 0 saturated heterocycles. The van der Waals surface area contributed by atoms with Gasteiger partial charge in [-0.25, -0.2) is 0 Å². The number of nitrogens with zero attached hydrogens (tertiary/aromatic N) is 1. The lowest BCUT2D eigenvalue weighted by Crippen LogP contribution is -1.95. The predicted octanol–water partition coefficient (Wildman–Crippen LogP) is 10.5. The zero-order valence-electron chi connectivity index (χ0n) is 21.6. The van der Waals surface area contributed by atoms with Gasteiger partial charge in [-0.3, -0.25) is 0 Å². The van der Waals surface area contributed by atoms with E-state index in [1.165, 1.54) is 76.5 Å². The first-order valence-corrected chi connectivity index (χ1v) is 13.5. The third kappa shape index (κ3) is 2.99. The van der Waals surface area contributed by atoms with Crippen LogP contribution in [0.25, 0.3) is 70.9 Å². The van der Waals surface area contributed by atoms with Gasteiger partial charge in [-0.1, -0.05) is 105 Å². The van der Waals surface area contributed by atoms with Crippen molar-refractivity contribution in [2.24, 2.45) is 0 Å². The Kier molecular flexibility index (Phi) is 4.48. The molecule has 180 valence electrons. The SMILES string of the molecule is CC(C)c1ccc(-n2c3ccccc3c3cc(-c4ccc5ccc6cccc7ccc4c5c67)ccc32)cc1.